The highest BCUT2D eigenvalue weighted by Gasteiger charge is 2.11. The quantitative estimate of drug-likeness (QED) is 0.316. The third-order valence-corrected chi connectivity index (χ3v) is 5.85. The first-order valence-electron chi connectivity index (χ1n) is 6.79. The molecule has 21 heavy (non-hydrogen) atoms. The Bertz CT molecular complexity index is 918. The van der Waals surface area contributed by atoms with Gasteiger partial charge in [0.05, 0.1) is 11.0 Å². The molecular formula is C18H13INP. The van der Waals surface area contributed by atoms with Crippen LogP contribution < -0.4 is 5.30 Å². The molecule has 0 aliphatic rings. The molecule has 0 aliphatic carbocycles. The second-order valence-electron chi connectivity index (χ2n) is 5.08. The number of hydrogen-bond donors (Lipinski definition) is 0. The van der Waals surface area contributed by atoms with Gasteiger partial charge in [0.1, 0.15) is 0 Å². The average molecular weight is 401 g/mol. The molecule has 3 aromatic carbocycles. The standard InChI is InChI=1S/C18H13INP/c19-15-11-12(9-10-18(15)21)20-16-7-3-1-5-13(16)14-6-2-4-8-17(14)20/h1-11H,21H2. The van der Waals surface area contributed by atoms with Crippen molar-refractivity contribution >= 4 is 58.9 Å². The van der Waals surface area contributed by atoms with E-state index in [2.05, 4.69) is 103 Å². The summed E-state index contributed by atoms with van der Waals surface area (Å²) in [7, 11) is 2.78. The van der Waals surface area contributed by atoms with Gasteiger partial charge in [-0.25, -0.2) is 0 Å². The van der Waals surface area contributed by atoms with Gasteiger partial charge in [-0.1, -0.05) is 42.5 Å². The number of aromatic nitrogens is 1. The van der Waals surface area contributed by atoms with E-state index < -0.39 is 0 Å². The molecule has 0 bridgehead atoms. The van der Waals surface area contributed by atoms with E-state index in [9.17, 15) is 0 Å². The molecule has 3 heteroatoms. The second-order valence-corrected chi connectivity index (χ2v) is 6.86. The number of nitrogens with zero attached hydrogens (tertiary/aromatic N) is 1. The number of benzene rings is 3. The summed E-state index contributed by atoms with van der Waals surface area (Å²) < 4.78 is 3.61. The first-order chi connectivity index (χ1) is 10.3. The third kappa shape index (κ3) is 2.09. The summed E-state index contributed by atoms with van der Waals surface area (Å²) in [6.45, 7) is 0. The Hall–Kier alpha value is -1.38. The van der Waals surface area contributed by atoms with Crippen LogP contribution in [0.3, 0.4) is 0 Å². The molecule has 0 fully saturated rings. The number of rotatable bonds is 1. The van der Waals surface area contributed by atoms with E-state index in [1.165, 1.54) is 36.4 Å². The summed E-state index contributed by atoms with van der Waals surface area (Å²) in [6.07, 6.45) is 0. The van der Waals surface area contributed by atoms with E-state index in [0.717, 1.165) is 0 Å². The van der Waals surface area contributed by atoms with E-state index in [4.69, 9.17) is 0 Å². The van der Waals surface area contributed by atoms with Crippen molar-refractivity contribution in [1.82, 2.24) is 4.57 Å². The Kier molecular flexibility index (Phi) is 3.24. The summed E-state index contributed by atoms with van der Waals surface area (Å²) in [6, 6.07) is 23.8. The van der Waals surface area contributed by atoms with Gasteiger partial charge in [-0.3, -0.25) is 0 Å². The molecule has 1 heterocycles. The van der Waals surface area contributed by atoms with Crippen molar-refractivity contribution in [2.45, 2.75) is 0 Å². The number of hydrogen-bond acceptors (Lipinski definition) is 0. The average Bonchev–Trinajstić information content (AvgIpc) is 2.85. The topological polar surface area (TPSA) is 4.93 Å². The zero-order chi connectivity index (χ0) is 14.4. The molecule has 4 rings (SSSR count). The van der Waals surface area contributed by atoms with Gasteiger partial charge in [-0.2, -0.15) is 0 Å². The van der Waals surface area contributed by atoms with Crippen molar-refractivity contribution in [3.05, 3.63) is 70.3 Å². The minimum atomic E-state index is 1.21. The zero-order valence-corrected chi connectivity index (χ0v) is 14.6. The fourth-order valence-electron chi connectivity index (χ4n) is 2.86. The van der Waals surface area contributed by atoms with E-state index >= 15 is 0 Å². The van der Waals surface area contributed by atoms with Crippen molar-refractivity contribution in [3.8, 4) is 5.69 Å². The van der Waals surface area contributed by atoms with Crippen LogP contribution >= 0.6 is 31.8 Å². The molecule has 1 atom stereocenters. The van der Waals surface area contributed by atoms with Crippen LogP contribution in [0.25, 0.3) is 27.5 Å². The van der Waals surface area contributed by atoms with Gasteiger partial charge >= 0.3 is 0 Å². The summed E-state index contributed by atoms with van der Waals surface area (Å²) in [5.74, 6) is 0. The fourth-order valence-corrected chi connectivity index (χ4v) is 3.53. The zero-order valence-electron chi connectivity index (χ0n) is 11.3. The van der Waals surface area contributed by atoms with Gasteiger partial charge in [0.2, 0.25) is 0 Å². The summed E-state index contributed by atoms with van der Waals surface area (Å²) in [4.78, 5) is 0. The summed E-state index contributed by atoms with van der Waals surface area (Å²) >= 11 is 2.39. The molecule has 1 unspecified atom stereocenters. The number of fused-ring (bicyclic) bond motifs is 3. The van der Waals surface area contributed by atoms with Gasteiger partial charge in [-0.05, 0) is 52.2 Å². The Morgan fingerprint density at radius 3 is 1.90 bits per heavy atom. The van der Waals surface area contributed by atoms with Crippen molar-refractivity contribution < 1.29 is 0 Å². The molecule has 0 radical (unpaired) electrons. The third-order valence-electron chi connectivity index (χ3n) is 3.82. The highest BCUT2D eigenvalue weighted by molar-refractivity contribution is 14.1. The first kappa shape index (κ1) is 13.3. The van der Waals surface area contributed by atoms with Crippen molar-refractivity contribution in [2.24, 2.45) is 0 Å². The molecule has 102 valence electrons. The minimum absolute atomic E-state index is 1.21. The molecule has 0 N–H and O–H groups in total. The smallest absolute Gasteiger partial charge is 0.0541 e. The fraction of sp³-hybridized carbons (Fsp3) is 0. The molecular weight excluding hydrogens is 388 g/mol. The van der Waals surface area contributed by atoms with Crippen LogP contribution in [0.5, 0.6) is 0 Å². The summed E-state index contributed by atoms with van der Waals surface area (Å²) in [5.41, 5.74) is 3.72. The van der Waals surface area contributed by atoms with Crippen LogP contribution in [0.4, 0.5) is 0 Å². The molecule has 0 spiro atoms. The predicted octanol–water partition coefficient (Wildman–Crippen LogP) is 4.89. The molecule has 0 aliphatic heterocycles. The van der Waals surface area contributed by atoms with Crippen molar-refractivity contribution in [3.63, 3.8) is 0 Å². The van der Waals surface area contributed by atoms with Crippen LogP contribution in [0.15, 0.2) is 66.7 Å². The van der Waals surface area contributed by atoms with Gasteiger partial charge in [0, 0.05) is 20.0 Å². The lowest BCUT2D eigenvalue weighted by Gasteiger charge is -2.09. The predicted molar refractivity (Wildman–Crippen MR) is 103 cm³/mol. The van der Waals surface area contributed by atoms with E-state index in [1.54, 1.807) is 0 Å². The van der Waals surface area contributed by atoms with Crippen molar-refractivity contribution in [1.29, 1.82) is 0 Å². The first-order valence-corrected chi connectivity index (χ1v) is 8.45. The van der Waals surface area contributed by atoms with E-state index in [-0.39, 0.29) is 0 Å². The lowest BCUT2D eigenvalue weighted by molar-refractivity contribution is 1.18. The van der Waals surface area contributed by atoms with E-state index in [1.807, 2.05) is 0 Å². The van der Waals surface area contributed by atoms with Crippen LogP contribution in [-0.4, -0.2) is 4.57 Å². The number of para-hydroxylation sites is 2. The highest BCUT2D eigenvalue weighted by atomic mass is 127. The molecule has 0 saturated heterocycles. The lowest BCUT2D eigenvalue weighted by atomic mass is 10.2. The van der Waals surface area contributed by atoms with Gasteiger partial charge in [-0.15, -0.1) is 9.24 Å². The molecule has 1 aromatic heterocycles. The van der Waals surface area contributed by atoms with Crippen LogP contribution in [0.2, 0.25) is 0 Å². The summed E-state index contributed by atoms with van der Waals surface area (Å²) in [5, 5.41) is 3.84. The molecule has 1 nitrogen and oxygen atoms in total. The maximum absolute atomic E-state index is 2.78. The Balaban J connectivity index is 2.17. The maximum Gasteiger partial charge on any atom is 0.0541 e. The Morgan fingerprint density at radius 1 is 0.762 bits per heavy atom. The normalized spacial score (nSPS) is 11.3. The molecule has 4 aromatic rings. The Labute approximate surface area is 139 Å². The van der Waals surface area contributed by atoms with E-state index in [0.29, 0.717) is 0 Å². The SMILES string of the molecule is Pc1ccc(-n2c3ccccc3c3ccccc32)cc1I. The lowest BCUT2D eigenvalue weighted by Crippen LogP contribution is -2.00. The monoisotopic (exact) mass is 401 g/mol. The molecule has 0 saturated carbocycles. The maximum atomic E-state index is 2.78. The van der Waals surface area contributed by atoms with Gasteiger partial charge < -0.3 is 4.57 Å². The largest absolute Gasteiger partial charge is 0.309 e. The number of halogens is 1. The van der Waals surface area contributed by atoms with Gasteiger partial charge in [0.25, 0.3) is 0 Å². The second kappa shape index (κ2) is 5.11. The van der Waals surface area contributed by atoms with Crippen molar-refractivity contribution in [2.75, 3.05) is 0 Å². The molecule has 0 amide bonds. The van der Waals surface area contributed by atoms with Crippen LogP contribution in [0.1, 0.15) is 0 Å². The highest BCUT2D eigenvalue weighted by Crippen LogP contribution is 2.31. The van der Waals surface area contributed by atoms with Gasteiger partial charge in [0.15, 0.2) is 0 Å². The van der Waals surface area contributed by atoms with Crippen LogP contribution in [0, 0.1) is 3.57 Å². The Morgan fingerprint density at radius 2 is 1.33 bits per heavy atom. The minimum Gasteiger partial charge on any atom is -0.309 e. The van der Waals surface area contributed by atoms with Crippen LogP contribution in [-0.2, 0) is 0 Å².